The van der Waals surface area contributed by atoms with Gasteiger partial charge in [0.1, 0.15) is 5.75 Å². The summed E-state index contributed by atoms with van der Waals surface area (Å²) >= 11 is 0. The second-order valence-corrected chi connectivity index (χ2v) is 8.13. The Morgan fingerprint density at radius 2 is 1.75 bits per heavy atom. The van der Waals surface area contributed by atoms with Crippen LogP contribution in [0.25, 0.3) is 0 Å². The fourth-order valence-corrected chi connectivity index (χ4v) is 4.02. The number of ether oxygens (including phenoxy) is 1. The van der Waals surface area contributed by atoms with Crippen LogP contribution in [0.3, 0.4) is 0 Å². The number of pyridine rings is 1. The van der Waals surface area contributed by atoms with Gasteiger partial charge in [-0.15, -0.1) is 13.2 Å². The van der Waals surface area contributed by atoms with Gasteiger partial charge in [-0.25, -0.2) is 0 Å². The molecule has 0 unspecified atom stereocenters. The number of carbonyl (C=O) groups is 1. The van der Waals surface area contributed by atoms with Crippen molar-refractivity contribution in [3.05, 3.63) is 53.9 Å². The van der Waals surface area contributed by atoms with E-state index in [1.807, 2.05) is 18.0 Å². The van der Waals surface area contributed by atoms with Gasteiger partial charge < -0.3 is 19.4 Å². The number of anilines is 1. The van der Waals surface area contributed by atoms with Crippen molar-refractivity contribution in [3.63, 3.8) is 0 Å². The summed E-state index contributed by atoms with van der Waals surface area (Å²) in [5.41, 5.74) is 2.38. The molecule has 0 N–H and O–H groups in total. The summed E-state index contributed by atoms with van der Waals surface area (Å²) in [7, 11) is 2.05. The van der Waals surface area contributed by atoms with Crippen molar-refractivity contribution in [2.75, 3.05) is 57.9 Å². The monoisotopic (exact) mass is 449 g/mol. The van der Waals surface area contributed by atoms with Gasteiger partial charge in [0.05, 0.1) is 12.2 Å². The summed E-state index contributed by atoms with van der Waals surface area (Å²) in [4.78, 5) is 25.6. The maximum absolute atomic E-state index is 13.1. The van der Waals surface area contributed by atoms with E-state index in [0.29, 0.717) is 31.9 Å². The quantitative estimate of drug-likeness (QED) is 0.700. The number of likely N-dealkylation sites (N-methyl/N-ethyl adjacent to an activating group) is 1. The van der Waals surface area contributed by atoms with Crippen molar-refractivity contribution >= 4 is 11.6 Å². The number of halogens is 3. The molecule has 32 heavy (non-hydrogen) atoms. The molecule has 2 aliphatic rings. The molecule has 1 amide bonds. The molecule has 0 aliphatic carbocycles. The highest BCUT2D eigenvalue weighted by Crippen LogP contribution is 2.27. The first-order valence-corrected chi connectivity index (χ1v) is 10.5. The fourth-order valence-electron chi connectivity index (χ4n) is 4.02. The number of benzene rings is 1. The minimum absolute atomic E-state index is 0.0116. The Kier molecular flexibility index (Phi) is 6.52. The van der Waals surface area contributed by atoms with Crippen molar-refractivity contribution in [2.45, 2.75) is 12.9 Å². The van der Waals surface area contributed by atoms with E-state index in [0.717, 1.165) is 37.4 Å². The molecule has 7 nitrogen and oxygen atoms in total. The molecule has 10 heteroatoms. The van der Waals surface area contributed by atoms with E-state index in [1.54, 1.807) is 24.5 Å². The van der Waals surface area contributed by atoms with E-state index in [4.69, 9.17) is 0 Å². The Hall–Kier alpha value is -2.85. The third kappa shape index (κ3) is 5.49. The SMILES string of the molecule is CN1CCN(C(=O)c2cnccc2CN2CCN(c3ccc(OC(F)(F)F)cc3)C2)CC1. The van der Waals surface area contributed by atoms with Crippen LogP contribution in [-0.4, -0.2) is 84.9 Å². The number of alkyl halides is 3. The third-order valence-electron chi connectivity index (χ3n) is 5.82. The molecule has 3 heterocycles. The molecule has 0 radical (unpaired) electrons. The predicted molar refractivity (Wildman–Crippen MR) is 113 cm³/mol. The van der Waals surface area contributed by atoms with Gasteiger partial charge in [-0.1, -0.05) is 0 Å². The third-order valence-corrected chi connectivity index (χ3v) is 5.82. The molecule has 0 bridgehead atoms. The Morgan fingerprint density at radius 1 is 1.03 bits per heavy atom. The van der Waals surface area contributed by atoms with Crippen molar-refractivity contribution in [2.24, 2.45) is 0 Å². The second-order valence-electron chi connectivity index (χ2n) is 8.13. The van der Waals surface area contributed by atoms with Crippen molar-refractivity contribution in [3.8, 4) is 5.75 Å². The number of nitrogens with zero attached hydrogens (tertiary/aromatic N) is 5. The van der Waals surface area contributed by atoms with Gasteiger partial charge in [-0.2, -0.15) is 0 Å². The number of aromatic nitrogens is 1. The smallest absolute Gasteiger partial charge is 0.406 e. The lowest BCUT2D eigenvalue weighted by Crippen LogP contribution is -2.47. The molecule has 2 saturated heterocycles. The van der Waals surface area contributed by atoms with Gasteiger partial charge in [0.15, 0.2) is 0 Å². The average molecular weight is 449 g/mol. The van der Waals surface area contributed by atoms with E-state index >= 15 is 0 Å². The minimum Gasteiger partial charge on any atom is -0.406 e. The molecule has 2 aliphatic heterocycles. The lowest BCUT2D eigenvalue weighted by molar-refractivity contribution is -0.274. The summed E-state index contributed by atoms with van der Waals surface area (Å²) in [5.74, 6) is -0.223. The zero-order valence-corrected chi connectivity index (χ0v) is 17.9. The lowest BCUT2D eigenvalue weighted by Gasteiger charge is -2.33. The molecule has 4 rings (SSSR count). The number of amides is 1. The summed E-state index contributed by atoms with van der Waals surface area (Å²) in [5, 5.41) is 0. The molecule has 1 aromatic heterocycles. The van der Waals surface area contributed by atoms with Crippen LogP contribution in [0.4, 0.5) is 18.9 Å². The van der Waals surface area contributed by atoms with Gasteiger partial charge >= 0.3 is 6.36 Å². The first-order chi connectivity index (χ1) is 15.3. The molecule has 2 aromatic rings. The van der Waals surface area contributed by atoms with Crippen LogP contribution in [0, 0.1) is 0 Å². The molecule has 172 valence electrons. The Balaban J connectivity index is 1.38. The number of carbonyl (C=O) groups excluding carboxylic acids is 1. The zero-order valence-electron chi connectivity index (χ0n) is 17.9. The summed E-state index contributed by atoms with van der Waals surface area (Å²) < 4.78 is 41.0. The van der Waals surface area contributed by atoms with Gasteiger partial charge in [-0.3, -0.25) is 14.7 Å². The summed E-state index contributed by atoms with van der Waals surface area (Å²) in [6.07, 6.45) is -1.36. The number of rotatable bonds is 5. The van der Waals surface area contributed by atoms with E-state index in [1.165, 1.54) is 12.1 Å². The van der Waals surface area contributed by atoms with Crippen LogP contribution in [0.1, 0.15) is 15.9 Å². The average Bonchev–Trinajstić information content (AvgIpc) is 3.22. The highest BCUT2D eigenvalue weighted by Gasteiger charge is 2.31. The highest BCUT2D eigenvalue weighted by atomic mass is 19.4. The zero-order chi connectivity index (χ0) is 22.7. The Bertz CT molecular complexity index is 930. The van der Waals surface area contributed by atoms with Crippen molar-refractivity contribution < 1.29 is 22.7 Å². The first-order valence-electron chi connectivity index (χ1n) is 10.5. The number of hydrogen-bond acceptors (Lipinski definition) is 6. The fraction of sp³-hybridized carbons (Fsp3) is 0.455. The normalized spacial score (nSPS) is 18.2. The molecule has 2 fully saturated rings. The highest BCUT2D eigenvalue weighted by molar-refractivity contribution is 5.95. The maximum atomic E-state index is 13.1. The molecule has 0 saturated carbocycles. The van der Waals surface area contributed by atoms with Crippen LogP contribution in [0.15, 0.2) is 42.7 Å². The van der Waals surface area contributed by atoms with Crippen LogP contribution in [0.2, 0.25) is 0 Å². The first kappa shape index (κ1) is 22.3. The van der Waals surface area contributed by atoms with E-state index in [-0.39, 0.29) is 11.7 Å². The Morgan fingerprint density at radius 3 is 2.44 bits per heavy atom. The van der Waals surface area contributed by atoms with Gasteiger partial charge in [0, 0.05) is 63.9 Å². The minimum atomic E-state index is -4.70. The lowest BCUT2D eigenvalue weighted by atomic mass is 10.1. The van der Waals surface area contributed by atoms with Crippen LogP contribution < -0.4 is 9.64 Å². The molecular weight excluding hydrogens is 423 g/mol. The van der Waals surface area contributed by atoms with Crippen LogP contribution in [-0.2, 0) is 6.54 Å². The van der Waals surface area contributed by atoms with E-state index in [9.17, 15) is 18.0 Å². The molecule has 0 spiro atoms. The number of piperazine rings is 1. The van der Waals surface area contributed by atoms with Crippen molar-refractivity contribution in [1.82, 2.24) is 19.7 Å². The van der Waals surface area contributed by atoms with Gasteiger partial charge in [-0.05, 0) is 42.9 Å². The topological polar surface area (TPSA) is 52.2 Å². The largest absolute Gasteiger partial charge is 0.573 e. The van der Waals surface area contributed by atoms with Gasteiger partial charge in [0.25, 0.3) is 5.91 Å². The van der Waals surface area contributed by atoms with Crippen LogP contribution >= 0.6 is 0 Å². The van der Waals surface area contributed by atoms with Crippen LogP contribution in [0.5, 0.6) is 5.75 Å². The Labute approximate surface area is 185 Å². The van der Waals surface area contributed by atoms with E-state index in [2.05, 4.69) is 24.4 Å². The predicted octanol–water partition coefficient (Wildman–Crippen LogP) is 2.65. The molecule has 0 atom stereocenters. The summed E-state index contributed by atoms with van der Waals surface area (Å²) in [6, 6.07) is 7.77. The standard InChI is InChI=1S/C22H26F3N5O2/c1-27-8-11-29(12-9-27)21(31)20-14-26-7-6-17(20)15-28-10-13-30(16-28)18-2-4-19(5-3-18)32-22(23,24)25/h2-7,14H,8-13,15-16H2,1H3. The van der Waals surface area contributed by atoms with E-state index < -0.39 is 6.36 Å². The van der Waals surface area contributed by atoms with Crippen molar-refractivity contribution in [1.29, 1.82) is 0 Å². The number of hydrogen-bond donors (Lipinski definition) is 0. The summed E-state index contributed by atoms with van der Waals surface area (Å²) in [6.45, 7) is 5.86. The van der Waals surface area contributed by atoms with Gasteiger partial charge in [0.2, 0.25) is 0 Å². The maximum Gasteiger partial charge on any atom is 0.573 e. The second kappa shape index (κ2) is 9.33. The molecule has 1 aromatic carbocycles. The molecular formula is C22H26F3N5O2.